The molecule has 44 heavy (non-hydrogen) atoms. The summed E-state index contributed by atoms with van der Waals surface area (Å²) in [6, 6.07) is 18.8. The molecule has 232 valence electrons. The van der Waals surface area contributed by atoms with Crippen LogP contribution in [0.4, 0.5) is 5.82 Å². The molecule has 0 spiro atoms. The van der Waals surface area contributed by atoms with Crippen LogP contribution in [-0.4, -0.2) is 75.6 Å². The number of imidazole rings is 1. The molecule has 2 fully saturated rings. The summed E-state index contributed by atoms with van der Waals surface area (Å²) in [5, 5.41) is 0. The largest absolute Gasteiger partial charge is 0.475 e. The van der Waals surface area contributed by atoms with E-state index in [1.54, 1.807) is 22.1 Å². The highest BCUT2D eigenvalue weighted by atomic mass is 31.2. The lowest BCUT2D eigenvalue weighted by Gasteiger charge is -2.25. The van der Waals surface area contributed by atoms with Crippen molar-refractivity contribution in [3.05, 3.63) is 84.4 Å². The molecule has 0 N–H and O–H groups in total. The third-order valence-electron chi connectivity index (χ3n) is 7.01. The Hall–Kier alpha value is -3.55. The van der Waals surface area contributed by atoms with Crippen LogP contribution in [0, 0.1) is 0 Å². The Morgan fingerprint density at radius 2 is 1.57 bits per heavy atom. The van der Waals surface area contributed by atoms with Crippen LogP contribution in [0.1, 0.15) is 31.2 Å². The summed E-state index contributed by atoms with van der Waals surface area (Å²) in [6.45, 7) is 3.61. The zero-order chi connectivity index (χ0) is 30.7. The van der Waals surface area contributed by atoms with Crippen molar-refractivity contribution in [2.75, 3.05) is 20.7 Å². The third kappa shape index (κ3) is 6.89. The number of aromatic nitrogens is 4. The fourth-order valence-electron chi connectivity index (χ4n) is 5.04. The molecule has 4 heterocycles. The first kappa shape index (κ1) is 30.5. The zero-order valence-corrected chi connectivity index (χ0v) is 25.8. The first-order valence-corrected chi connectivity index (χ1v) is 15.7. The molecular formula is C30H35N6O7P. The van der Waals surface area contributed by atoms with Gasteiger partial charge in [-0.3, -0.25) is 18.1 Å². The molecule has 2 aromatic heterocycles. The summed E-state index contributed by atoms with van der Waals surface area (Å²) in [5.74, 6) is -0.465. The Morgan fingerprint density at radius 3 is 2.20 bits per heavy atom. The third-order valence-corrected chi connectivity index (χ3v) is 8.37. The van der Waals surface area contributed by atoms with E-state index in [0.717, 1.165) is 11.1 Å². The molecule has 13 nitrogen and oxygen atoms in total. The van der Waals surface area contributed by atoms with E-state index in [2.05, 4.69) is 19.9 Å². The Balaban J connectivity index is 1.22. The maximum absolute atomic E-state index is 13.9. The maximum atomic E-state index is 13.9. The number of rotatable bonds is 12. The van der Waals surface area contributed by atoms with E-state index in [9.17, 15) is 4.57 Å². The van der Waals surface area contributed by atoms with Gasteiger partial charge in [0.05, 0.1) is 32.5 Å². The van der Waals surface area contributed by atoms with Crippen molar-refractivity contribution in [1.29, 1.82) is 0 Å². The van der Waals surface area contributed by atoms with E-state index >= 15 is 0 Å². The molecule has 0 saturated carbocycles. The van der Waals surface area contributed by atoms with E-state index < -0.39 is 38.1 Å². The molecular weight excluding hydrogens is 587 g/mol. The average molecular weight is 623 g/mol. The lowest BCUT2D eigenvalue weighted by atomic mass is 10.1. The number of aliphatic imine (C=N–C) groups is 1. The topological polar surface area (TPSA) is 132 Å². The summed E-state index contributed by atoms with van der Waals surface area (Å²) in [6.07, 6.45) is 2.26. The molecule has 4 atom stereocenters. The summed E-state index contributed by atoms with van der Waals surface area (Å²) >= 11 is 0. The highest BCUT2D eigenvalue weighted by molar-refractivity contribution is 7.48. The molecule has 2 saturated heterocycles. The van der Waals surface area contributed by atoms with Crippen molar-refractivity contribution in [3.63, 3.8) is 0 Å². The number of nitrogens with zero attached hydrogens (tertiary/aromatic N) is 6. The smallest absolute Gasteiger partial charge is 0.369 e. The van der Waals surface area contributed by atoms with E-state index in [1.807, 2.05) is 88.6 Å². The van der Waals surface area contributed by atoms with Crippen LogP contribution in [0.5, 0.6) is 0 Å². The number of phosphoric acid groups is 1. The minimum absolute atomic E-state index is 0.0408. The van der Waals surface area contributed by atoms with Gasteiger partial charge in [-0.1, -0.05) is 60.7 Å². The maximum Gasteiger partial charge on any atom is 0.475 e. The monoisotopic (exact) mass is 622 g/mol. The second-order valence-corrected chi connectivity index (χ2v) is 12.8. The van der Waals surface area contributed by atoms with Gasteiger partial charge in [-0.05, 0) is 25.0 Å². The van der Waals surface area contributed by atoms with E-state index in [1.165, 1.54) is 6.33 Å². The van der Waals surface area contributed by atoms with Crippen LogP contribution in [0.25, 0.3) is 11.2 Å². The predicted octanol–water partition coefficient (Wildman–Crippen LogP) is 5.02. The van der Waals surface area contributed by atoms with Crippen molar-refractivity contribution >= 4 is 31.1 Å². The van der Waals surface area contributed by atoms with Crippen molar-refractivity contribution in [2.45, 2.75) is 57.4 Å². The lowest BCUT2D eigenvalue weighted by molar-refractivity contribution is -0.199. The average Bonchev–Trinajstić information content (AvgIpc) is 3.69. The Labute approximate surface area is 255 Å². The van der Waals surface area contributed by atoms with Crippen molar-refractivity contribution in [3.8, 4) is 0 Å². The predicted molar refractivity (Wildman–Crippen MR) is 161 cm³/mol. The number of fused-ring (bicyclic) bond motifs is 2. The van der Waals surface area contributed by atoms with Gasteiger partial charge < -0.3 is 19.1 Å². The van der Waals surface area contributed by atoms with Crippen molar-refractivity contribution in [2.24, 2.45) is 4.99 Å². The first-order chi connectivity index (χ1) is 21.2. The van der Waals surface area contributed by atoms with Crippen LogP contribution >= 0.6 is 7.82 Å². The number of benzene rings is 2. The zero-order valence-electron chi connectivity index (χ0n) is 24.9. The molecule has 14 heteroatoms. The molecule has 4 aromatic rings. The number of phosphoric ester groups is 1. The van der Waals surface area contributed by atoms with Gasteiger partial charge >= 0.3 is 7.82 Å². The second kappa shape index (κ2) is 12.8. The molecule has 0 amide bonds. The van der Waals surface area contributed by atoms with Gasteiger partial charge in [0.2, 0.25) is 0 Å². The fraction of sp³-hybridized carbons (Fsp3) is 0.400. The van der Waals surface area contributed by atoms with Gasteiger partial charge in [-0.25, -0.2) is 24.5 Å². The molecule has 0 aliphatic carbocycles. The molecule has 4 unspecified atom stereocenters. The van der Waals surface area contributed by atoms with Crippen molar-refractivity contribution < 1.29 is 32.3 Å². The van der Waals surface area contributed by atoms with Gasteiger partial charge in [0.25, 0.3) is 0 Å². The summed E-state index contributed by atoms with van der Waals surface area (Å²) in [5.41, 5.74) is 2.69. The SMILES string of the molecule is CN(C)C=Nc1ncnc2c1ncn2C1OC(COP(=O)(OCc2ccccc2)OCc2ccccc2)C2OC(C)(C)OC21. The molecule has 2 aliphatic rings. The normalized spacial score (nSPS) is 23.0. The Bertz CT molecular complexity index is 1590. The standard InChI is InChI=1S/C30H35N6O7P/c1-30(2)42-25-23(17-40-44(37,38-15-21-11-7-5-8-12-21)39-16-22-13-9-6-10-14-22)41-29(26(25)43-30)36-20-33-24-27(34-19-35(3)4)31-18-32-28(24)36/h5-14,18-20,23,25-26,29H,15-17H2,1-4H3. The van der Waals surface area contributed by atoms with Crippen LogP contribution in [0.15, 0.2) is 78.3 Å². The van der Waals surface area contributed by atoms with E-state index in [-0.39, 0.29) is 19.8 Å². The molecule has 0 bridgehead atoms. The van der Waals surface area contributed by atoms with Crippen LogP contribution in [0.3, 0.4) is 0 Å². The fourth-order valence-corrected chi connectivity index (χ4v) is 6.21. The number of hydrogen-bond donors (Lipinski definition) is 0. The van der Waals surface area contributed by atoms with Gasteiger partial charge in [0, 0.05) is 14.1 Å². The highest BCUT2D eigenvalue weighted by Crippen LogP contribution is 2.52. The lowest BCUT2D eigenvalue weighted by Crippen LogP contribution is -2.32. The van der Waals surface area contributed by atoms with Gasteiger partial charge in [0.1, 0.15) is 24.6 Å². The minimum Gasteiger partial charge on any atom is -0.369 e. The molecule has 0 radical (unpaired) electrons. The van der Waals surface area contributed by atoms with Gasteiger partial charge in [-0.2, -0.15) is 0 Å². The molecule has 6 rings (SSSR count). The van der Waals surface area contributed by atoms with E-state index in [4.69, 9.17) is 27.8 Å². The number of hydrogen-bond acceptors (Lipinski definition) is 11. The van der Waals surface area contributed by atoms with Gasteiger partial charge in [-0.15, -0.1) is 0 Å². The Kier molecular flexibility index (Phi) is 8.88. The van der Waals surface area contributed by atoms with E-state index in [0.29, 0.717) is 17.0 Å². The van der Waals surface area contributed by atoms with Crippen LogP contribution in [-0.2, 0) is 45.6 Å². The summed E-state index contributed by atoms with van der Waals surface area (Å²) < 4.78 is 52.2. The van der Waals surface area contributed by atoms with Gasteiger partial charge in [0.15, 0.2) is 29.0 Å². The Morgan fingerprint density at radius 1 is 0.932 bits per heavy atom. The minimum atomic E-state index is -4.05. The number of ether oxygens (including phenoxy) is 3. The summed E-state index contributed by atoms with van der Waals surface area (Å²) in [7, 11) is -0.313. The van der Waals surface area contributed by atoms with Crippen LogP contribution in [0.2, 0.25) is 0 Å². The summed E-state index contributed by atoms with van der Waals surface area (Å²) in [4.78, 5) is 19.5. The van der Waals surface area contributed by atoms with Crippen molar-refractivity contribution in [1.82, 2.24) is 24.4 Å². The molecule has 2 aliphatic heterocycles. The molecule has 2 aromatic carbocycles. The first-order valence-electron chi connectivity index (χ1n) is 14.2. The second-order valence-electron chi connectivity index (χ2n) is 11.1. The highest BCUT2D eigenvalue weighted by Gasteiger charge is 2.56. The quantitative estimate of drug-likeness (QED) is 0.120. The van der Waals surface area contributed by atoms with Crippen LogP contribution < -0.4 is 0 Å².